The molecule has 0 spiro atoms. The largest absolute Gasteiger partial charge is 0.467 e. The van der Waals surface area contributed by atoms with Crippen LogP contribution in [0.4, 0.5) is 0 Å². The summed E-state index contributed by atoms with van der Waals surface area (Å²) in [5.74, 6) is 0. The predicted molar refractivity (Wildman–Crippen MR) is 49.3 cm³/mol. The summed E-state index contributed by atoms with van der Waals surface area (Å²) < 4.78 is 4.74. The van der Waals surface area contributed by atoms with Gasteiger partial charge >= 0.3 is 6.01 Å². The average molecular weight is 183 g/mol. The third-order valence-corrected chi connectivity index (χ3v) is 1.03. The molecule has 0 aromatic carbocycles. The van der Waals surface area contributed by atoms with E-state index in [0.717, 1.165) is 0 Å². The van der Waals surface area contributed by atoms with Gasteiger partial charge in [0.25, 0.3) is 0 Å². The Morgan fingerprint density at radius 2 is 2.23 bits per heavy atom. The van der Waals surface area contributed by atoms with E-state index in [2.05, 4.69) is 15.1 Å². The van der Waals surface area contributed by atoms with Crippen LogP contribution in [0.2, 0.25) is 0 Å². The molecule has 0 bridgehead atoms. The van der Waals surface area contributed by atoms with Crippen molar-refractivity contribution in [3.63, 3.8) is 0 Å². The molecule has 0 fully saturated rings. The van der Waals surface area contributed by atoms with E-state index in [9.17, 15) is 0 Å². The minimum absolute atomic E-state index is 0.252. The molecule has 1 rings (SSSR count). The van der Waals surface area contributed by atoms with Gasteiger partial charge in [-0.15, -0.1) is 0 Å². The first-order chi connectivity index (χ1) is 6.36. The highest BCUT2D eigenvalue weighted by Gasteiger charge is 1.94. The molecule has 1 heterocycles. The van der Waals surface area contributed by atoms with Crippen LogP contribution in [-0.2, 0) is 0 Å². The minimum atomic E-state index is 0.252. The van der Waals surface area contributed by atoms with E-state index < -0.39 is 0 Å². The molecule has 13 heavy (non-hydrogen) atoms. The van der Waals surface area contributed by atoms with E-state index in [0.29, 0.717) is 5.69 Å². The zero-order valence-electron chi connectivity index (χ0n) is 7.93. The molecule has 72 valence electrons. The zero-order valence-corrected chi connectivity index (χ0v) is 7.93. The first-order valence-corrected chi connectivity index (χ1v) is 3.91. The molecule has 0 saturated heterocycles. The molecule has 0 amide bonds. The van der Waals surface area contributed by atoms with Gasteiger partial charge in [0.15, 0.2) is 0 Å². The molecule has 0 atom stereocenters. The van der Waals surface area contributed by atoms with Crippen molar-refractivity contribution in [1.29, 1.82) is 0 Å². The summed E-state index contributed by atoms with van der Waals surface area (Å²) in [6, 6.07) is 1.85. The van der Waals surface area contributed by atoms with Crippen LogP contribution in [0.15, 0.2) is 17.4 Å². The molecule has 0 unspecified atom stereocenters. The van der Waals surface area contributed by atoms with Gasteiger partial charge in [-0.3, -0.25) is 0 Å². The summed E-state index contributed by atoms with van der Waals surface area (Å²) in [6.07, 6.45) is 2.72. The summed E-state index contributed by atoms with van der Waals surface area (Å²) in [6.45, 7) is 4.00. The highest BCUT2D eigenvalue weighted by molar-refractivity contribution is 5.76. The van der Waals surface area contributed by atoms with Crippen LogP contribution in [0, 0.1) is 0 Å². The SMILES string of the molecule is CC.COc1nccc(/C=N/O)n1. The van der Waals surface area contributed by atoms with E-state index in [4.69, 9.17) is 9.94 Å². The summed E-state index contributed by atoms with van der Waals surface area (Å²) in [5.41, 5.74) is 0.499. The van der Waals surface area contributed by atoms with Gasteiger partial charge in [-0.1, -0.05) is 19.0 Å². The fraction of sp³-hybridized carbons (Fsp3) is 0.375. The normalized spacial score (nSPS) is 9.15. The minimum Gasteiger partial charge on any atom is -0.467 e. The van der Waals surface area contributed by atoms with Gasteiger partial charge in [-0.05, 0) is 6.07 Å². The first-order valence-electron chi connectivity index (χ1n) is 3.91. The lowest BCUT2D eigenvalue weighted by Gasteiger charge is -1.95. The fourth-order valence-corrected chi connectivity index (χ4v) is 0.583. The topological polar surface area (TPSA) is 67.6 Å². The summed E-state index contributed by atoms with van der Waals surface area (Å²) >= 11 is 0. The number of hydrogen-bond acceptors (Lipinski definition) is 5. The van der Waals surface area contributed by atoms with E-state index in [1.807, 2.05) is 13.8 Å². The Kier molecular flexibility index (Phi) is 6.13. The van der Waals surface area contributed by atoms with Crippen LogP contribution in [-0.4, -0.2) is 28.5 Å². The standard InChI is InChI=1S/C6H7N3O2.C2H6/c1-11-6-7-3-2-5(9-6)4-8-10;1-2/h2-4,10H,1H3;1-2H3/b8-4+;. The maximum Gasteiger partial charge on any atom is 0.316 e. The van der Waals surface area contributed by atoms with Crippen LogP contribution in [0.5, 0.6) is 6.01 Å². The summed E-state index contributed by atoms with van der Waals surface area (Å²) in [7, 11) is 1.47. The van der Waals surface area contributed by atoms with Crippen LogP contribution in [0.3, 0.4) is 0 Å². The molecule has 0 aliphatic heterocycles. The number of methoxy groups -OCH3 is 1. The lowest BCUT2D eigenvalue weighted by atomic mass is 10.4. The third kappa shape index (κ3) is 4.05. The molecule has 0 aliphatic carbocycles. The maximum atomic E-state index is 8.15. The Morgan fingerprint density at radius 3 is 2.77 bits per heavy atom. The number of rotatable bonds is 2. The van der Waals surface area contributed by atoms with Crippen molar-refractivity contribution in [2.75, 3.05) is 7.11 Å². The lowest BCUT2D eigenvalue weighted by Crippen LogP contribution is -1.94. The van der Waals surface area contributed by atoms with E-state index >= 15 is 0 Å². The molecule has 5 heteroatoms. The quantitative estimate of drug-likeness (QED) is 0.426. The van der Waals surface area contributed by atoms with Gasteiger partial charge in [0.05, 0.1) is 19.0 Å². The number of nitrogens with zero attached hydrogens (tertiary/aromatic N) is 3. The van der Waals surface area contributed by atoms with Gasteiger partial charge in [-0.2, -0.15) is 4.98 Å². The van der Waals surface area contributed by atoms with Crippen LogP contribution in [0.1, 0.15) is 19.5 Å². The smallest absolute Gasteiger partial charge is 0.316 e. The van der Waals surface area contributed by atoms with Crippen LogP contribution in [0.25, 0.3) is 0 Å². The second-order valence-corrected chi connectivity index (χ2v) is 1.71. The molecule has 0 radical (unpaired) electrons. The molecule has 0 saturated carbocycles. The van der Waals surface area contributed by atoms with Crippen LogP contribution >= 0.6 is 0 Å². The highest BCUT2D eigenvalue weighted by Crippen LogP contribution is 1.98. The van der Waals surface area contributed by atoms with Crippen molar-refractivity contribution >= 4 is 6.21 Å². The molecule has 1 aromatic rings. The Labute approximate surface area is 77.1 Å². The van der Waals surface area contributed by atoms with Gasteiger partial charge in [0.1, 0.15) is 0 Å². The predicted octanol–water partition coefficient (Wildman–Crippen LogP) is 1.32. The van der Waals surface area contributed by atoms with Crippen molar-refractivity contribution in [2.24, 2.45) is 5.16 Å². The molecule has 5 nitrogen and oxygen atoms in total. The second-order valence-electron chi connectivity index (χ2n) is 1.71. The number of ether oxygens (including phenoxy) is 1. The second kappa shape index (κ2) is 7.02. The first kappa shape index (κ1) is 11.4. The van der Waals surface area contributed by atoms with Crippen molar-refractivity contribution in [2.45, 2.75) is 13.8 Å². The molecular formula is C8H13N3O2. The monoisotopic (exact) mass is 183 g/mol. The van der Waals surface area contributed by atoms with Crippen molar-refractivity contribution in [3.8, 4) is 6.01 Å². The average Bonchev–Trinajstić information content (AvgIpc) is 2.22. The molecule has 1 N–H and O–H groups in total. The fourth-order valence-electron chi connectivity index (χ4n) is 0.583. The Morgan fingerprint density at radius 1 is 1.54 bits per heavy atom. The Balaban J connectivity index is 0.000000671. The van der Waals surface area contributed by atoms with Crippen LogP contribution < -0.4 is 4.74 Å². The van der Waals surface area contributed by atoms with Gasteiger partial charge in [0.2, 0.25) is 0 Å². The summed E-state index contributed by atoms with van der Waals surface area (Å²) in [5, 5.41) is 11.0. The van der Waals surface area contributed by atoms with Crippen molar-refractivity contribution in [1.82, 2.24) is 9.97 Å². The third-order valence-electron chi connectivity index (χ3n) is 1.03. The van der Waals surface area contributed by atoms with E-state index in [1.54, 1.807) is 6.07 Å². The van der Waals surface area contributed by atoms with E-state index in [-0.39, 0.29) is 6.01 Å². The van der Waals surface area contributed by atoms with Gasteiger partial charge < -0.3 is 9.94 Å². The molecule has 0 aliphatic rings. The Hall–Kier alpha value is -1.65. The maximum absolute atomic E-state index is 8.15. The summed E-state index contributed by atoms with van der Waals surface area (Å²) in [4.78, 5) is 7.60. The highest BCUT2D eigenvalue weighted by atomic mass is 16.5. The lowest BCUT2D eigenvalue weighted by molar-refractivity contribution is 0.321. The number of aromatic nitrogens is 2. The molecule has 1 aromatic heterocycles. The molecular weight excluding hydrogens is 170 g/mol. The van der Waals surface area contributed by atoms with Crippen molar-refractivity contribution < 1.29 is 9.94 Å². The number of hydrogen-bond donors (Lipinski definition) is 1. The number of oxime groups is 1. The van der Waals surface area contributed by atoms with Gasteiger partial charge in [0, 0.05) is 6.20 Å². The Bertz CT molecular complexity index is 263. The van der Waals surface area contributed by atoms with E-state index in [1.165, 1.54) is 19.5 Å². The zero-order chi connectivity index (χ0) is 10.1. The van der Waals surface area contributed by atoms with Crippen molar-refractivity contribution in [3.05, 3.63) is 18.0 Å². The van der Waals surface area contributed by atoms with Gasteiger partial charge in [-0.25, -0.2) is 4.98 Å².